The molecular formula is C20H28FN. The molecule has 0 radical (unpaired) electrons. The van der Waals surface area contributed by atoms with Gasteiger partial charge in [0.2, 0.25) is 0 Å². The molecule has 0 N–H and O–H groups in total. The number of alkyl halides is 1. The summed E-state index contributed by atoms with van der Waals surface area (Å²) in [7, 11) is 0. The highest BCUT2D eigenvalue weighted by Gasteiger charge is 2.41. The van der Waals surface area contributed by atoms with Crippen molar-refractivity contribution in [2.24, 2.45) is 22.2 Å². The molecule has 3 aliphatic rings. The van der Waals surface area contributed by atoms with Gasteiger partial charge < -0.3 is 0 Å². The average Bonchev–Trinajstić information content (AvgIpc) is 2.48. The molecule has 2 heteroatoms. The molecule has 22 heavy (non-hydrogen) atoms. The summed E-state index contributed by atoms with van der Waals surface area (Å²) in [6.45, 7) is 4.22. The SMILES string of the molecule is CC1C(/C=C\CF)=NC=CC1(C)C1CCC(=C2CCC2)CC1. The van der Waals surface area contributed by atoms with Gasteiger partial charge in [-0.3, -0.25) is 4.99 Å². The highest BCUT2D eigenvalue weighted by Crippen LogP contribution is 2.49. The molecule has 3 rings (SSSR count). The second kappa shape index (κ2) is 6.52. The molecular weight excluding hydrogens is 273 g/mol. The summed E-state index contributed by atoms with van der Waals surface area (Å²) in [4.78, 5) is 4.48. The van der Waals surface area contributed by atoms with E-state index in [4.69, 9.17) is 0 Å². The van der Waals surface area contributed by atoms with Crippen LogP contribution in [0.1, 0.15) is 58.8 Å². The lowest BCUT2D eigenvalue weighted by molar-refractivity contribution is 0.168. The summed E-state index contributed by atoms with van der Waals surface area (Å²) in [6, 6.07) is 0. The van der Waals surface area contributed by atoms with E-state index in [1.165, 1.54) is 44.9 Å². The summed E-state index contributed by atoms with van der Waals surface area (Å²) >= 11 is 0. The first kappa shape index (κ1) is 15.7. The van der Waals surface area contributed by atoms with E-state index in [1.807, 2.05) is 12.3 Å². The number of aliphatic imine (C=N–C) groups is 1. The van der Waals surface area contributed by atoms with Gasteiger partial charge in [0.05, 0.1) is 0 Å². The van der Waals surface area contributed by atoms with Crippen LogP contribution in [0, 0.1) is 17.3 Å². The maximum Gasteiger partial charge on any atom is 0.108 e. The molecule has 1 nitrogen and oxygen atoms in total. The molecule has 120 valence electrons. The number of allylic oxidation sites excluding steroid dienone is 5. The van der Waals surface area contributed by atoms with E-state index in [1.54, 1.807) is 17.2 Å². The fourth-order valence-electron chi connectivity index (χ4n) is 4.35. The van der Waals surface area contributed by atoms with Crippen LogP contribution >= 0.6 is 0 Å². The molecule has 2 fully saturated rings. The van der Waals surface area contributed by atoms with Crippen LogP contribution in [0.3, 0.4) is 0 Å². The predicted molar refractivity (Wildman–Crippen MR) is 91.8 cm³/mol. The highest BCUT2D eigenvalue weighted by molar-refractivity contribution is 5.98. The zero-order valence-electron chi connectivity index (χ0n) is 13.9. The van der Waals surface area contributed by atoms with E-state index >= 15 is 0 Å². The molecule has 1 aliphatic heterocycles. The molecule has 0 bridgehead atoms. The zero-order valence-corrected chi connectivity index (χ0v) is 13.9. The van der Waals surface area contributed by atoms with Crippen LogP contribution in [-0.4, -0.2) is 12.4 Å². The second-order valence-electron chi connectivity index (χ2n) is 7.35. The van der Waals surface area contributed by atoms with Crippen LogP contribution in [0.4, 0.5) is 4.39 Å². The Bertz CT molecular complexity index is 524. The predicted octanol–water partition coefficient (Wildman–Crippen LogP) is 5.79. The largest absolute Gasteiger partial charge is 0.261 e. The third-order valence-electron chi connectivity index (χ3n) is 6.34. The first-order valence-corrected chi connectivity index (χ1v) is 8.83. The van der Waals surface area contributed by atoms with Crippen LogP contribution in [0.5, 0.6) is 0 Å². The van der Waals surface area contributed by atoms with Crippen molar-refractivity contribution >= 4 is 5.71 Å². The molecule has 0 saturated heterocycles. The summed E-state index contributed by atoms with van der Waals surface area (Å²) in [5.41, 5.74) is 4.73. The van der Waals surface area contributed by atoms with Gasteiger partial charge in [-0.2, -0.15) is 0 Å². The van der Waals surface area contributed by atoms with Gasteiger partial charge in [0.25, 0.3) is 0 Å². The van der Waals surface area contributed by atoms with Gasteiger partial charge in [-0.15, -0.1) is 0 Å². The molecule has 0 amide bonds. The first-order chi connectivity index (χ1) is 10.6. The third kappa shape index (κ3) is 2.85. The van der Waals surface area contributed by atoms with E-state index in [0.717, 1.165) is 5.71 Å². The topological polar surface area (TPSA) is 12.4 Å². The quantitative estimate of drug-likeness (QED) is 0.585. The molecule has 2 saturated carbocycles. The molecule has 0 spiro atoms. The monoisotopic (exact) mass is 301 g/mol. The third-order valence-corrected chi connectivity index (χ3v) is 6.34. The fourth-order valence-corrected chi connectivity index (χ4v) is 4.35. The van der Waals surface area contributed by atoms with Gasteiger partial charge >= 0.3 is 0 Å². The number of rotatable bonds is 3. The Balaban J connectivity index is 1.70. The molecule has 2 atom stereocenters. The van der Waals surface area contributed by atoms with Crippen molar-refractivity contribution in [1.29, 1.82) is 0 Å². The average molecular weight is 301 g/mol. The molecule has 0 aromatic heterocycles. The summed E-state index contributed by atoms with van der Waals surface area (Å²) in [5, 5.41) is 0. The van der Waals surface area contributed by atoms with Gasteiger partial charge in [0.1, 0.15) is 6.67 Å². The number of hydrogen-bond donors (Lipinski definition) is 0. The van der Waals surface area contributed by atoms with Crippen LogP contribution in [0.15, 0.2) is 40.6 Å². The Labute approximate surface area is 134 Å². The summed E-state index contributed by atoms with van der Waals surface area (Å²) in [5.74, 6) is 1.08. The Morgan fingerprint density at radius 3 is 2.50 bits per heavy atom. The lowest BCUT2D eigenvalue weighted by Gasteiger charge is -2.44. The van der Waals surface area contributed by atoms with Crippen molar-refractivity contribution in [3.05, 3.63) is 35.6 Å². The van der Waals surface area contributed by atoms with E-state index in [9.17, 15) is 4.39 Å². The minimum absolute atomic E-state index is 0.160. The minimum Gasteiger partial charge on any atom is -0.261 e. The summed E-state index contributed by atoms with van der Waals surface area (Å²) < 4.78 is 12.4. The van der Waals surface area contributed by atoms with Crippen molar-refractivity contribution < 1.29 is 4.39 Å². The van der Waals surface area contributed by atoms with E-state index < -0.39 is 6.67 Å². The Morgan fingerprint density at radius 1 is 1.23 bits per heavy atom. The Kier molecular flexibility index (Phi) is 4.65. The van der Waals surface area contributed by atoms with Gasteiger partial charge in [0, 0.05) is 17.8 Å². The summed E-state index contributed by atoms with van der Waals surface area (Å²) in [6.07, 6.45) is 17.0. The van der Waals surface area contributed by atoms with Gasteiger partial charge in [-0.1, -0.05) is 37.1 Å². The van der Waals surface area contributed by atoms with E-state index in [-0.39, 0.29) is 5.41 Å². The van der Waals surface area contributed by atoms with Gasteiger partial charge in [0.15, 0.2) is 0 Å². The fraction of sp³-hybridized carbons (Fsp3) is 0.650. The molecule has 2 aliphatic carbocycles. The maximum atomic E-state index is 12.4. The lowest BCUT2D eigenvalue weighted by atomic mass is 9.61. The first-order valence-electron chi connectivity index (χ1n) is 8.83. The lowest BCUT2D eigenvalue weighted by Crippen LogP contribution is -2.39. The second-order valence-corrected chi connectivity index (χ2v) is 7.35. The Morgan fingerprint density at radius 2 is 1.91 bits per heavy atom. The van der Waals surface area contributed by atoms with Crippen LogP contribution in [0.25, 0.3) is 0 Å². The molecule has 0 aromatic rings. The van der Waals surface area contributed by atoms with Crippen LogP contribution in [-0.2, 0) is 0 Å². The normalized spacial score (nSPS) is 35.7. The van der Waals surface area contributed by atoms with Crippen LogP contribution < -0.4 is 0 Å². The standard InChI is InChI=1S/C20H28FN/c1-15-19(7-4-13-21)22-14-12-20(15,2)18-10-8-17(9-11-18)16-5-3-6-16/h4,7,12,14-15,18H,3,5-6,8-11,13H2,1-2H3/b7-4-. The van der Waals surface area contributed by atoms with Crippen molar-refractivity contribution in [2.45, 2.75) is 58.8 Å². The Hall–Kier alpha value is -1.18. The van der Waals surface area contributed by atoms with Crippen molar-refractivity contribution in [1.82, 2.24) is 0 Å². The number of nitrogens with zero attached hydrogens (tertiary/aromatic N) is 1. The van der Waals surface area contributed by atoms with Crippen molar-refractivity contribution in [2.75, 3.05) is 6.67 Å². The zero-order chi connectivity index (χ0) is 15.6. The molecule has 0 aromatic carbocycles. The number of hydrogen-bond acceptors (Lipinski definition) is 1. The maximum absolute atomic E-state index is 12.4. The van der Waals surface area contributed by atoms with Crippen LogP contribution in [0.2, 0.25) is 0 Å². The van der Waals surface area contributed by atoms with Crippen molar-refractivity contribution in [3.8, 4) is 0 Å². The van der Waals surface area contributed by atoms with E-state index in [0.29, 0.717) is 11.8 Å². The smallest absolute Gasteiger partial charge is 0.108 e. The van der Waals surface area contributed by atoms with E-state index in [2.05, 4.69) is 24.9 Å². The van der Waals surface area contributed by atoms with Gasteiger partial charge in [-0.25, -0.2) is 4.39 Å². The minimum atomic E-state index is -0.410. The van der Waals surface area contributed by atoms with Crippen molar-refractivity contribution in [3.63, 3.8) is 0 Å². The number of halogens is 1. The van der Waals surface area contributed by atoms with Gasteiger partial charge in [-0.05, 0) is 62.4 Å². The molecule has 2 unspecified atom stereocenters. The highest BCUT2D eigenvalue weighted by atomic mass is 19.1. The molecule has 1 heterocycles.